The van der Waals surface area contributed by atoms with E-state index in [0.29, 0.717) is 0 Å². The molecular weight excluding hydrogens is 236 g/mol. The second-order valence-electron chi connectivity index (χ2n) is 5.67. The summed E-state index contributed by atoms with van der Waals surface area (Å²) in [5.74, 6) is 0. The molecule has 1 aliphatic heterocycles. The maximum atomic E-state index is 5.99. The molecular formula is C15H26N4. The highest BCUT2D eigenvalue weighted by Gasteiger charge is 2.17. The summed E-state index contributed by atoms with van der Waals surface area (Å²) in [6.07, 6.45) is 0. The standard InChI is InChI=1S/C15H26N4/c1-13-4-5-14(12-15(13)16)19-10-8-18(9-11-19)7-6-17(2)3/h4-5,12H,6-11,16H2,1-3H3. The van der Waals surface area contributed by atoms with E-state index in [2.05, 4.69) is 53.9 Å². The molecule has 1 heterocycles. The zero-order valence-electron chi connectivity index (χ0n) is 12.4. The van der Waals surface area contributed by atoms with Gasteiger partial charge in [0.2, 0.25) is 0 Å². The molecule has 106 valence electrons. The van der Waals surface area contributed by atoms with Gasteiger partial charge in [-0.3, -0.25) is 4.90 Å². The number of likely N-dealkylation sites (N-methyl/N-ethyl adjacent to an activating group) is 1. The molecule has 19 heavy (non-hydrogen) atoms. The van der Waals surface area contributed by atoms with Crippen molar-refractivity contribution in [1.29, 1.82) is 0 Å². The number of hydrogen-bond acceptors (Lipinski definition) is 4. The van der Waals surface area contributed by atoms with Gasteiger partial charge < -0.3 is 15.5 Å². The normalized spacial score (nSPS) is 17.2. The number of nitrogens with two attached hydrogens (primary N) is 1. The Bertz CT molecular complexity index is 409. The summed E-state index contributed by atoms with van der Waals surface area (Å²) in [6.45, 7) is 8.82. The maximum Gasteiger partial charge on any atom is 0.0387 e. The average molecular weight is 262 g/mol. The highest BCUT2D eigenvalue weighted by molar-refractivity contribution is 5.59. The third-order valence-corrected chi connectivity index (χ3v) is 3.86. The van der Waals surface area contributed by atoms with Crippen molar-refractivity contribution < 1.29 is 0 Å². The first kappa shape index (κ1) is 14.2. The van der Waals surface area contributed by atoms with E-state index in [4.69, 9.17) is 5.73 Å². The lowest BCUT2D eigenvalue weighted by molar-refractivity contribution is 0.229. The topological polar surface area (TPSA) is 35.7 Å². The van der Waals surface area contributed by atoms with Crippen molar-refractivity contribution in [2.75, 3.05) is 64.0 Å². The Morgan fingerprint density at radius 2 is 1.84 bits per heavy atom. The fraction of sp³-hybridized carbons (Fsp3) is 0.600. The van der Waals surface area contributed by atoms with Crippen molar-refractivity contribution >= 4 is 11.4 Å². The Labute approximate surface area is 116 Å². The molecule has 1 aromatic rings. The van der Waals surface area contributed by atoms with Gasteiger partial charge in [-0.1, -0.05) is 6.07 Å². The lowest BCUT2D eigenvalue weighted by Gasteiger charge is -2.36. The van der Waals surface area contributed by atoms with E-state index >= 15 is 0 Å². The van der Waals surface area contributed by atoms with Gasteiger partial charge in [-0.25, -0.2) is 0 Å². The van der Waals surface area contributed by atoms with Crippen molar-refractivity contribution in [3.05, 3.63) is 23.8 Å². The van der Waals surface area contributed by atoms with Crippen LogP contribution in [0.1, 0.15) is 5.56 Å². The van der Waals surface area contributed by atoms with Gasteiger partial charge in [0.15, 0.2) is 0 Å². The summed E-state index contributed by atoms with van der Waals surface area (Å²) in [6, 6.07) is 6.40. The van der Waals surface area contributed by atoms with Crippen molar-refractivity contribution in [1.82, 2.24) is 9.80 Å². The summed E-state index contributed by atoms with van der Waals surface area (Å²) in [5.41, 5.74) is 9.31. The van der Waals surface area contributed by atoms with Crippen LogP contribution in [0.25, 0.3) is 0 Å². The molecule has 0 amide bonds. The van der Waals surface area contributed by atoms with Crippen LogP contribution in [0.4, 0.5) is 11.4 Å². The minimum Gasteiger partial charge on any atom is -0.398 e. The first-order valence-corrected chi connectivity index (χ1v) is 7.04. The van der Waals surface area contributed by atoms with Gasteiger partial charge in [0, 0.05) is 50.6 Å². The predicted molar refractivity (Wildman–Crippen MR) is 82.8 cm³/mol. The molecule has 1 aromatic carbocycles. The molecule has 2 rings (SSSR count). The molecule has 0 unspecified atom stereocenters. The molecule has 0 spiro atoms. The summed E-state index contributed by atoms with van der Waals surface area (Å²) in [5, 5.41) is 0. The Kier molecular flexibility index (Phi) is 4.66. The number of hydrogen-bond donors (Lipinski definition) is 1. The van der Waals surface area contributed by atoms with E-state index in [9.17, 15) is 0 Å². The largest absolute Gasteiger partial charge is 0.398 e. The second kappa shape index (κ2) is 6.26. The molecule has 0 saturated carbocycles. The van der Waals surface area contributed by atoms with Crippen LogP contribution >= 0.6 is 0 Å². The number of nitrogens with zero attached hydrogens (tertiary/aromatic N) is 3. The average Bonchev–Trinajstić information content (AvgIpc) is 2.40. The van der Waals surface area contributed by atoms with Gasteiger partial charge in [0.25, 0.3) is 0 Å². The maximum absolute atomic E-state index is 5.99. The van der Waals surface area contributed by atoms with E-state index in [1.54, 1.807) is 0 Å². The summed E-state index contributed by atoms with van der Waals surface area (Å²) in [7, 11) is 4.26. The molecule has 0 bridgehead atoms. The van der Waals surface area contributed by atoms with E-state index < -0.39 is 0 Å². The molecule has 1 aliphatic rings. The van der Waals surface area contributed by atoms with Crippen LogP contribution in [0.2, 0.25) is 0 Å². The first-order chi connectivity index (χ1) is 9.06. The highest BCUT2D eigenvalue weighted by atomic mass is 15.3. The molecule has 1 fully saturated rings. The molecule has 0 atom stereocenters. The smallest absolute Gasteiger partial charge is 0.0387 e. The highest BCUT2D eigenvalue weighted by Crippen LogP contribution is 2.21. The van der Waals surface area contributed by atoms with Crippen molar-refractivity contribution in [3.8, 4) is 0 Å². The third-order valence-electron chi connectivity index (χ3n) is 3.86. The second-order valence-corrected chi connectivity index (χ2v) is 5.67. The summed E-state index contributed by atoms with van der Waals surface area (Å²) >= 11 is 0. The summed E-state index contributed by atoms with van der Waals surface area (Å²) in [4.78, 5) is 7.21. The van der Waals surface area contributed by atoms with Gasteiger partial charge >= 0.3 is 0 Å². The molecule has 2 N–H and O–H groups in total. The van der Waals surface area contributed by atoms with Crippen molar-refractivity contribution in [2.24, 2.45) is 0 Å². The molecule has 0 aromatic heterocycles. The van der Waals surface area contributed by atoms with Crippen LogP contribution < -0.4 is 10.6 Å². The predicted octanol–water partition coefficient (Wildman–Crippen LogP) is 1.26. The van der Waals surface area contributed by atoms with Crippen LogP contribution in [0, 0.1) is 6.92 Å². The number of aryl methyl sites for hydroxylation is 1. The van der Waals surface area contributed by atoms with Crippen LogP contribution in [-0.4, -0.2) is 63.2 Å². The summed E-state index contributed by atoms with van der Waals surface area (Å²) < 4.78 is 0. The Balaban J connectivity index is 1.87. The van der Waals surface area contributed by atoms with Crippen LogP contribution in [0.15, 0.2) is 18.2 Å². The van der Waals surface area contributed by atoms with E-state index in [1.807, 2.05) is 0 Å². The zero-order chi connectivity index (χ0) is 13.8. The van der Waals surface area contributed by atoms with Gasteiger partial charge in [0.05, 0.1) is 0 Å². The molecule has 1 saturated heterocycles. The molecule has 0 aliphatic carbocycles. The van der Waals surface area contributed by atoms with Crippen LogP contribution in [0.5, 0.6) is 0 Å². The van der Waals surface area contributed by atoms with E-state index in [1.165, 1.54) is 5.69 Å². The van der Waals surface area contributed by atoms with Crippen molar-refractivity contribution in [3.63, 3.8) is 0 Å². The Morgan fingerprint density at radius 1 is 1.16 bits per heavy atom. The lowest BCUT2D eigenvalue weighted by Crippen LogP contribution is -2.48. The number of anilines is 2. The van der Waals surface area contributed by atoms with Crippen LogP contribution in [-0.2, 0) is 0 Å². The molecule has 4 heteroatoms. The minimum absolute atomic E-state index is 0.896. The zero-order valence-corrected chi connectivity index (χ0v) is 12.4. The fourth-order valence-electron chi connectivity index (χ4n) is 2.40. The fourth-order valence-corrected chi connectivity index (χ4v) is 2.40. The Morgan fingerprint density at radius 3 is 2.42 bits per heavy atom. The minimum atomic E-state index is 0.896. The third kappa shape index (κ3) is 3.85. The van der Waals surface area contributed by atoms with Gasteiger partial charge in [-0.15, -0.1) is 0 Å². The van der Waals surface area contributed by atoms with Gasteiger partial charge in [0.1, 0.15) is 0 Å². The molecule has 4 nitrogen and oxygen atoms in total. The SMILES string of the molecule is Cc1ccc(N2CCN(CCN(C)C)CC2)cc1N. The van der Waals surface area contributed by atoms with E-state index in [-0.39, 0.29) is 0 Å². The first-order valence-electron chi connectivity index (χ1n) is 7.04. The number of piperazine rings is 1. The number of benzene rings is 1. The quantitative estimate of drug-likeness (QED) is 0.829. The Hall–Kier alpha value is -1.26. The molecule has 0 radical (unpaired) electrons. The lowest BCUT2D eigenvalue weighted by atomic mass is 10.1. The van der Waals surface area contributed by atoms with Crippen molar-refractivity contribution in [2.45, 2.75) is 6.92 Å². The van der Waals surface area contributed by atoms with Gasteiger partial charge in [-0.05, 0) is 38.7 Å². The van der Waals surface area contributed by atoms with Crippen LogP contribution in [0.3, 0.4) is 0 Å². The van der Waals surface area contributed by atoms with Gasteiger partial charge in [-0.2, -0.15) is 0 Å². The number of rotatable bonds is 4. The monoisotopic (exact) mass is 262 g/mol. The number of nitrogen functional groups attached to an aromatic ring is 1. The van der Waals surface area contributed by atoms with E-state index in [0.717, 1.165) is 50.5 Å².